The second kappa shape index (κ2) is 5.17. The summed E-state index contributed by atoms with van der Waals surface area (Å²) in [4.78, 5) is 25.0. The van der Waals surface area contributed by atoms with Crippen molar-refractivity contribution in [2.75, 3.05) is 0 Å². The lowest BCUT2D eigenvalue weighted by atomic mass is 10.1. The summed E-state index contributed by atoms with van der Waals surface area (Å²) >= 11 is 0. The molecule has 0 bridgehead atoms. The third kappa shape index (κ3) is 2.30. The lowest BCUT2D eigenvalue weighted by molar-refractivity contribution is 0.518. The summed E-state index contributed by atoms with van der Waals surface area (Å²) in [5.41, 5.74) is 1.77. The van der Waals surface area contributed by atoms with Crippen LogP contribution in [0, 0.1) is 6.92 Å². The van der Waals surface area contributed by atoms with Gasteiger partial charge in [0.2, 0.25) is 5.89 Å². The van der Waals surface area contributed by atoms with Crippen LogP contribution in [0.5, 0.6) is 0 Å². The zero-order valence-corrected chi connectivity index (χ0v) is 12.3. The number of pyridine rings is 1. The van der Waals surface area contributed by atoms with E-state index < -0.39 is 0 Å². The highest BCUT2D eigenvalue weighted by Crippen LogP contribution is 2.21. The normalized spacial score (nSPS) is 11.0. The zero-order valence-electron chi connectivity index (χ0n) is 12.3. The van der Waals surface area contributed by atoms with Gasteiger partial charge in [0.1, 0.15) is 12.1 Å². The summed E-state index contributed by atoms with van der Waals surface area (Å²) < 4.78 is 7.18. The molecule has 0 saturated carbocycles. The predicted octanol–water partition coefficient (Wildman–Crippen LogP) is 2.74. The predicted molar refractivity (Wildman–Crippen MR) is 85.4 cm³/mol. The van der Waals surface area contributed by atoms with Gasteiger partial charge >= 0.3 is 5.63 Å². The Balaban J connectivity index is 1.90. The molecule has 0 spiro atoms. The van der Waals surface area contributed by atoms with E-state index in [1.807, 2.05) is 19.1 Å². The molecule has 0 saturated heterocycles. The topological polar surface area (TPSA) is 73.8 Å². The second-order valence-electron chi connectivity index (χ2n) is 5.15. The highest BCUT2D eigenvalue weighted by molar-refractivity contribution is 5.81. The number of hydrogen-bond acceptors (Lipinski definition) is 5. The largest absolute Gasteiger partial charge is 0.403 e. The zero-order chi connectivity index (χ0) is 15.8. The number of aryl methyl sites for hydroxylation is 1. The summed E-state index contributed by atoms with van der Waals surface area (Å²) in [7, 11) is 0. The number of nitrogens with zero attached hydrogens (tertiary/aromatic N) is 4. The molecule has 23 heavy (non-hydrogen) atoms. The molecule has 112 valence electrons. The molecule has 6 heteroatoms. The Morgan fingerprint density at radius 3 is 2.91 bits per heavy atom. The van der Waals surface area contributed by atoms with Gasteiger partial charge in [-0.25, -0.2) is 19.7 Å². The quantitative estimate of drug-likeness (QED) is 0.569. The van der Waals surface area contributed by atoms with Crippen LogP contribution in [0.25, 0.3) is 28.2 Å². The first-order chi connectivity index (χ1) is 11.2. The molecule has 0 aliphatic heterocycles. The first-order valence-electron chi connectivity index (χ1n) is 7.07. The van der Waals surface area contributed by atoms with Gasteiger partial charge < -0.3 is 4.42 Å². The van der Waals surface area contributed by atoms with Crippen molar-refractivity contribution in [2.24, 2.45) is 0 Å². The summed E-state index contributed by atoms with van der Waals surface area (Å²) in [5.74, 6) is 0.950. The van der Waals surface area contributed by atoms with E-state index >= 15 is 0 Å². The van der Waals surface area contributed by atoms with Gasteiger partial charge in [-0.3, -0.25) is 4.57 Å². The van der Waals surface area contributed by atoms with Crippen LogP contribution in [0.1, 0.15) is 5.56 Å². The number of aromatic nitrogens is 4. The monoisotopic (exact) mass is 304 g/mol. The highest BCUT2D eigenvalue weighted by Gasteiger charge is 2.11. The highest BCUT2D eigenvalue weighted by atomic mass is 16.4. The van der Waals surface area contributed by atoms with Crippen LogP contribution < -0.4 is 5.63 Å². The maximum absolute atomic E-state index is 12.3. The van der Waals surface area contributed by atoms with Crippen molar-refractivity contribution in [1.29, 1.82) is 0 Å². The molecule has 0 radical (unpaired) electrons. The fourth-order valence-corrected chi connectivity index (χ4v) is 2.49. The number of benzene rings is 1. The fourth-order valence-electron chi connectivity index (χ4n) is 2.49. The van der Waals surface area contributed by atoms with E-state index in [-0.39, 0.29) is 11.5 Å². The van der Waals surface area contributed by atoms with E-state index in [0.29, 0.717) is 22.3 Å². The van der Waals surface area contributed by atoms with Gasteiger partial charge in [-0.15, -0.1) is 0 Å². The van der Waals surface area contributed by atoms with Crippen molar-refractivity contribution in [1.82, 2.24) is 19.5 Å². The Kier molecular flexibility index (Phi) is 3.01. The molecule has 6 nitrogen and oxygen atoms in total. The molecular formula is C17H12N4O2. The van der Waals surface area contributed by atoms with E-state index in [0.717, 1.165) is 5.56 Å². The molecule has 0 aliphatic carbocycles. The minimum atomic E-state index is -0.385. The SMILES string of the molecule is Cc1cccc2nc(-c3ccnc(-n4ccnc4)c3)oc(=O)c12. The third-order valence-corrected chi connectivity index (χ3v) is 3.63. The molecule has 0 atom stereocenters. The standard InChI is InChI=1S/C17H12N4O2/c1-11-3-2-4-13-15(11)17(22)23-16(20-13)12-5-6-19-14(9-12)21-8-7-18-10-21/h2-10H,1H3. The molecule has 0 aliphatic rings. The van der Waals surface area contributed by atoms with Crippen LogP contribution in [0.4, 0.5) is 0 Å². The van der Waals surface area contributed by atoms with Crippen molar-refractivity contribution in [3.05, 3.63) is 71.2 Å². The van der Waals surface area contributed by atoms with Gasteiger partial charge in [0.15, 0.2) is 0 Å². The summed E-state index contributed by atoms with van der Waals surface area (Å²) in [5, 5.41) is 0.514. The van der Waals surface area contributed by atoms with Crippen molar-refractivity contribution in [2.45, 2.75) is 6.92 Å². The van der Waals surface area contributed by atoms with Crippen LogP contribution in [0.2, 0.25) is 0 Å². The number of rotatable bonds is 2. The lowest BCUT2D eigenvalue weighted by Gasteiger charge is -2.05. The molecule has 0 unspecified atom stereocenters. The molecule has 4 aromatic rings. The summed E-state index contributed by atoms with van der Waals surface area (Å²) in [6, 6.07) is 9.10. The lowest BCUT2D eigenvalue weighted by Crippen LogP contribution is -2.05. The Labute approximate surface area is 131 Å². The third-order valence-electron chi connectivity index (χ3n) is 3.63. The van der Waals surface area contributed by atoms with E-state index in [2.05, 4.69) is 15.0 Å². The maximum atomic E-state index is 12.3. The number of fused-ring (bicyclic) bond motifs is 1. The van der Waals surface area contributed by atoms with Crippen molar-refractivity contribution in [3.63, 3.8) is 0 Å². The smallest absolute Gasteiger partial charge is 0.347 e. The van der Waals surface area contributed by atoms with Crippen molar-refractivity contribution < 1.29 is 4.42 Å². The summed E-state index contributed by atoms with van der Waals surface area (Å²) in [6.07, 6.45) is 6.76. The van der Waals surface area contributed by atoms with Gasteiger partial charge in [-0.05, 0) is 30.7 Å². The molecule has 0 fully saturated rings. The first-order valence-corrected chi connectivity index (χ1v) is 7.07. The van der Waals surface area contributed by atoms with Gasteiger partial charge in [0, 0.05) is 24.2 Å². The molecule has 3 heterocycles. The first kappa shape index (κ1) is 13.4. The van der Waals surface area contributed by atoms with E-state index in [4.69, 9.17) is 4.42 Å². The Morgan fingerprint density at radius 1 is 1.17 bits per heavy atom. The Bertz CT molecular complexity index is 1050. The second-order valence-corrected chi connectivity index (χ2v) is 5.15. The Hall–Kier alpha value is -3.28. The van der Waals surface area contributed by atoms with Crippen LogP contribution in [0.15, 0.2) is 64.5 Å². The van der Waals surface area contributed by atoms with Gasteiger partial charge in [-0.1, -0.05) is 12.1 Å². The minimum absolute atomic E-state index is 0.275. The fraction of sp³-hybridized carbons (Fsp3) is 0.0588. The number of imidazole rings is 1. The molecule has 3 aromatic heterocycles. The van der Waals surface area contributed by atoms with E-state index in [1.165, 1.54) is 0 Å². The molecule has 0 amide bonds. The van der Waals surface area contributed by atoms with Crippen LogP contribution >= 0.6 is 0 Å². The average molecular weight is 304 g/mol. The van der Waals surface area contributed by atoms with Gasteiger partial charge in [0.05, 0.1) is 10.9 Å². The Morgan fingerprint density at radius 2 is 2.09 bits per heavy atom. The van der Waals surface area contributed by atoms with Gasteiger partial charge in [-0.2, -0.15) is 0 Å². The van der Waals surface area contributed by atoms with Crippen molar-refractivity contribution in [3.8, 4) is 17.3 Å². The molecule has 4 rings (SSSR count). The summed E-state index contributed by atoms with van der Waals surface area (Å²) in [6.45, 7) is 1.87. The minimum Gasteiger partial charge on any atom is -0.403 e. The molecular weight excluding hydrogens is 292 g/mol. The van der Waals surface area contributed by atoms with Crippen LogP contribution in [-0.4, -0.2) is 19.5 Å². The molecule has 0 N–H and O–H groups in total. The van der Waals surface area contributed by atoms with Gasteiger partial charge in [0.25, 0.3) is 0 Å². The van der Waals surface area contributed by atoms with E-state index in [9.17, 15) is 4.79 Å². The van der Waals surface area contributed by atoms with Crippen LogP contribution in [-0.2, 0) is 0 Å². The molecule has 1 aromatic carbocycles. The average Bonchev–Trinajstić information content (AvgIpc) is 3.09. The van der Waals surface area contributed by atoms with Crippen molar-refractivity contribution >= 4 is 10.9 Å². The maximum Gasteiger partial charge on any atom is 0.347 e. The van der Waals surface area contributed by atoms with E-state index in [1.54, 1.807) is 47.7 Å². The van der Waals surface area contributed by atoms with Crippen LogP contribution in [0.3, 0.4) is 0 Å². The number of hydrogen-bond donors (Lipinski definition) is 0.